The maximum Gasteiger partial charge on any atom is 0.0701 e. The Kier molecular flexibility index (Phi) is 6.00. The van der Waals surface area contributed by atoms with E-state index >= 15 is 0 Å². The highest BCUT2D eigenvalue weighted by molar-refractivity contribution is 9.09. The molecule has 1 saturated heterocycles. The predicted octanol–water partition coefficient (Wildman–Crippen LogP) is 2.27. The van der Waals surface area contributed by atoms with E-state index in [-0.39, 0.29) is 0 Å². The zero-order valence-corrected chi connectivity index (χ0v) is 10.1. The number of rotatable bonds is 5. The SMILES string of the molecule is CN(CCCBr)CC1CCCCO1. The summed E-state index contributed by atoms with van der Waals surface area (Å²) in [6.45, 7) is 3.25. The normalized spacial score (nSPS) is 23.8. The van der Waals surface area contributed by atoms with Gasteiger partial charge in [0.15, 0.2) is 0 Å². The van der Waals surface area contributed by atoms with Crippen molar-refractivity contribution in [3.8, 4) is 0 Å². The average molecular weight is 250 g/mol. The number of likely N-dealkylation sites (N-methyl/N-ethyl adjacent to an activating group) is 1. The number of nitrogens with zero attached hydrogens (tertiary/aromatic N) is 1. The standard InChI is InChI=1S/C10H20BrNO/c1-12(7-4-6-11)9-10-5-2-3-8-13-10/h10H,2-9H2,1H3. The summed E-state index contributed by atoms with van der Waals surface area (Å²) < 4.78 is 5.68. The molecule has 3 heteroatoms. The summed E-state index contributed by atoms with van der Waals surface area (Å²) in [6, 6.07) is 0. The molecule has 0 spiro atoms. The highest BCUT2D eigenvalue weighted by atomic mass is 79.9. The Bertz CT molecular complexity index is 126. The molecular formula is C10H20BrNO. The van der Waals surface area contributed by atoms with Crippen molar-refractivity contribution in [3.63, 3.8) is 0 Å². The maximum absolute atomic E-state index is 5.68. The van der Waals surface area contributed by atoms with Gasteiger partial charge in [-0.05, 0) is 39.3 Å². The molecular weight excluding hydrogens is 230 g/mol. The molecule has 1 unspecified atom stereocenters. The second-order valence-electron chi connectivity index (χ2n) is 3.79. The van der Waals surface area contributed by atoms with E-state index in [9.17, 15) is 0 Å². The quantitative estimate of drug-likeness (QED) is 0.694. The summed E-state index contributed by atoms with van der Waals surface area (Å²) in [6.07, 6.45) is 5.56. The van der Waals surface area contributed by atoms with Crippen LogP contribution in [0.25, 0.3) is 0 Å². The van der Waals surface area contributed by atoms with E-state index < -0.39 is 0 Å². The van der Waals surface area contributed by atoms with E-state index in [1.54, 1.807) is 0 Å². The van der Waals surface area contributed by atoms with Gasteiger partial charge in [0.1, 0.15) is 0 Å². The molecule has 0 bridgehead atoms. The smallest absolute Gasteiger partial charge is 0.0701 e. The molecule has 1 aliphatic rings. The van der Waals surface area contributed by atoms with Gasteiger partial charge in [-0.25, -0.2) is 0 Å². The number of hydrogen-bond acceptors (Lipinski definition) is 2. The van der Waals surface area contributed by atoms with Crippen LogP contribution in [0.2, 0.25) is 0 Å². The topological polar surface area (TPSA) is 12.5 Å². The van der Waals surface area contributed by atoms with Crippen molar-refractivity contribution in [2.75, 3.05) is 32.1 Å². The van der Waals surface area contributed by atoms with E-state index in [4.69, 9.17) is 4.74 Å². The first kappa shape index (κ1) is 11.5. The number of alkyl halides is 1. The highest BCUT2D eigenvalue weighted by Gasteiger charge is 2.15. The molecule has 0 radical (unpaired) electrons. The van der Waals surface area contributed by atoms with Crippen LogP contribution >= 0.6 is 15.9 Å². The van der Waals surface area contributed by atoms with Gasteiger partial charge in [0.25, 0.3) is 0 Å². The van der Waals surface area contributed by atoms with E-state index in [1.807, 2.05) is 0 Å². The fourth-order valence-corrected chi connectivity index (χ4v) is 1.97. The Balaban J connectivity index is 2.07. The van der Waals surface area contributed by atoms with Gasteiger partial charge in [0.2, 0.25) is 0 Å². The monoisotopic (exact) mass is 249 g/mol. The average Bonchev–Trinajstić information content (AvgIpc) is 2.16. The fraction of sp³-hybridized carbons (Fsp3) is 1.00. The molecule has 1 aliphatic heterocycles. The van der Waals surface area contributed by atoms with Gasteiger partial charge in [-0.1, -0.05) is 15.9 Å². The van der Waals surface area contributed by atoms with Crippen LogP contribution in [0.15, 0.2) is 0 Å². The molecule has 0 amide bonds. The first-order valence-electron chi connectivity index (χ1n) is 5.19. The Labute approximate surface area is 89.8 Å². The van der Waals surface area contributed by atoms with Gasteiger partial charge in [-0.15, -0.1) is 0 Å². The van der Waals surface area contributed by atoms with Gasteiger partial charge >= 0.3 is 0 Å². The lowest BCUT2D eigenvalue weighted by Crippen LogP contribution is -2.33. The Morgan fingerprint density at radius 2 is 2.31 bits per heavy atom. The minimum Gasteiger partial charge on any atom is -0.377 e. The van der Waals surface area contributed by atoms with Crippen molar-refractivity contribution in [3.05, 3.63) is 0 Å². The zero-order chi connectivity index (χ0) is 9.52. The minimum absolute atomic E-state index is 0.495. The lowest BCUT2D eigenvalue weighted by Gasteiger charge is -2.27. The first-order valence-corrected chi connectivity index (χ1v) is 6.31. The lowest BCUT2D eigenvalue weighted by atomic mass is 10.1. The molecule has 13 heavy (non-hydrogen) atoms. The summed E-state index contributed by atoms with van der Waals surface area (Å²) >= 11 is 3.45. The molecule has 1 atom stereocenters. The van der Waals surface area contributed by atoms with Crippen molar-refractivity contribution >= 4 is 15.9 Å². The Hall–Kier alpha value is 0.400. The molecule has 1 heterocycles. The van der Waals surface area contributed by atoms with Crippen LogP contribution in [-0.2, 0) is 4.74 Å². The van der Waals surface area contributed by atoms with Gasteiger partial charge < -0.3 is 9.64 Å². The predicted molar refractivity (Wildman–Crippen MR) is 59.5 cm³/mol. The third-order valence-electron chi connectivity index (χ3n) is 2.46. The zero-order valence-electron chi connectivity index (χ0n) is 8.47. The van der Waals surface area contributed by atoms with E-state index in [0.717, 1.165) is 18.5 Å². The minimum atomic E-state index is 0.495. The second-order valence-corrected chi connectivity index (χ2v) is 4.59. The van der Waals surface area contributed by atoms with Crippen LogP contribution in [0.1, 0.15) is 25.7 Å². The van der Waals surface area contributed by atoms with Gasteiger partial charge in [0, 0.05) is 18.5 Å². The molecule has 0 aromatic heterocycles. The summed E-state index contributed by atoms with van der Waals surface area (Å²) in [5.41, 5.74) is 0. The largest absolute Gasteiger partial charge is 0.377 e. The van der Waals surface area contributed by atoms with Gasteiger partial charge in [-0.2, -0.15) is 0 Å². The Morgan fingerprint density at radius 1 is 1.46 bits per heavy atom. The van der Waals surface area contributed by atoms with Crippen LogP contribution < -0.4 is 0 Å². The van der Waals surface area contributed by atoms with Crippen molar-refractivity contribution in [2.24, 2.45) is 0 Å². The van der Waals surface area contributed by atoms with Crippen LogP contribution in [0.5, 0.6) is 0 Å². The number of halogens is 1. The van der Waals surface area contributed by atoms with Crippen LogP contribution in [0.3, 0.4) is 0 Å². The Morgan fingerprint density at radius 3 is 2.92 bits per heavy atom. The second kappa shape index (κ2) is 6.80. The van der Waals surface area contributed by atoms with E-state index in [1.165, 1.54) is 32.2 Å². The first-order chi connectivity index (χ1) is 6.33. The fourth-order valence-electron chi connectivity index (χ4n) is 1.72. The van der Waals surface area contributed by atoms with Crippen molar-refractivity contribution < 1.29 is 4.74 Å². The van der Waals surface area contributed by atoms with Crippen LogP contribution in [-0.4, -0.2) is 43.1 Å². The molecule has 0 N–H and O–H groups in total. The van der Waals surface area contributed by atoms with Crippen molar-refractivity contribution in [2.45, 2.75) is 31.8 Å². The molecule has 0 aromatic rings. The maximum atomic E-state index is 5.68. The van der Waals surface area contributed by atoms with E-state index in [2.05, 4.69) is 27.9 Å². The summed E-state index contributed by atoms with van der Waals surface area (Å²) in [7, 11) is 2.18. The van der Waals surface area contributed by atoms with Crippen LogP contribution in [0, 0.1) is 0 Å². The molecule has 78 valence electrons. The highest BCUT2D eigenvalue weighted by Crippen LogP contribution is 2.13. The molecule has 1 fully saturated rings. The van der Waals surface area contributed by atoms with Crippen molar-refractivity contribution in [1.29, 1.82) is 0 Å². The lowest BCUT2D eigenvalue weighted by molar-refractivity contribution is -0.00132. The van der Waals surface area contributed by atoms with Crippen LogP contribution in [0.4, 0.5) is 0 Å². The molecule has 2 nitrogen and oxygen atoms in total. The third-order valence-corrected chi connectivity index (χ3v) is 3.02. The summed E-state index contributed by atoms with van der Waals surface area (Å²) in [5.74, 6) is 0. The molecule has 0 aliphatic carbocycles. The summed E-state index contributed by atoms with van der Waals surface area (Å²) in [5, 5.41) is 1.10. The molecule has 1 rings (SSSR count). The number of ether oxygens (including phenoxy) is 1. The summed E-state index contributed by atoms with van der Waals surface area (Å²) in [4.78, 5) is 2.37. The third kappa shape index (κ3) is 4.99. The van der Waals surface area contributed by atoms with Gasteiger partial charge in [-0.3, -0.25) is 0 Å². The number of hydrogen-bond donors (Lipinski definition) is 0. The van der Waals surface area contributed by atoms with Crippen molar-refractivity contribution in [1.82, 2.24) is 4.90 Å². The van der Waals surface area contributed by atoms with E-state index in [0.29, 0.717) is 6.10 Å². The molecule has 0 saturated carbocycles. The molecule has 0 aromatic carbocycles. The van der Waals surface area contributed by atoms with Gasteiger partial charge in [0.05, 0.1) is 6.10 Å².